The van der Waals surface area contributed by atoms with Gasteiger partial charge in [-0.15, -0.1) is 0 Å². The maximum atomic E-state index is 11.4. The molecule has 3 nitrogen and oxygen atoms in total. The Morgan fingerprint density at radius 2 is 2.33 bits per heavy atom. The molecule has 1 fully saturated rings. The number of carbonyl (C=O) groups is 1. The first kappa shape index (κ1) is 9.26. The van der Waals surface area contributed by atoms with Crippen molar-refractivity contribution < 1.29 is 4.79 Å². The minimum absolute atomic E-state index is 0.0365. The number of likely N-dealkylation sites (N-methyl/N-ethyl adjacent to an activating group) is 1. The first-order chi connectivity index (χ1) is 5.63. The molecule has 0 radical (unpaired) electrons. The first-order valence-corrected chi connectivity index (χ1v) is 4.29. The second-order valence-corrected chi connectivity index (χ2v) is 3.31. The van der Waals surface area contributed by atoms with Crippen molar-refractivity contribution in [1.82, 2.24) is 10.2 Å². The fourth-order valence-electron chi connectivity index (χ4n) is 1.44. The van der Waals surface area contributed by atoms with Crippen LogP contribution in [-0.2, 0) is 4.79 Å². The van der Waals surface area contributed by atoms with E-state index in [0.29, 0.717) is 5.57 Å². The molecule has 0 aromatic rings. The van der Waals surface area contributed by atoms with Gasteiger partial charge in [-0.1, -0.05) is 6.58 Å². The van der Waals surface area contributed by atoms with Crippen molar-refractivity contribution >= 4 is 5.91 Å². The predicted molar refractivity (Wildman–Crippen MR) is 48.6 cm³/mol. The summed E-state index contributed by atoms with van der Waals surface area (Å²) in [6.07, 6.45) is 2.42. The average molecular weight is 168 g/mol. The number of hydrogen-bond donors (Lipinski definition) is 1. The molecule has 0 spiro atoms. The van der Waals surface area contributed by atoms with Gasteiger partial charge in [-0.2, -0.15) is 0 Å². The molecule has 1 saturated heterocycles. The van der Waals surface area contributed by atoms with E-state index in [1.807, 2.05) is 7.05 Å². The molecule has 1 amide bonds. The quantitative estimate of drug-likeness (QED) is 0.616. The molecule has 1 atom stereocenters. The number of rotatable bonds is 2. The van der Waals surface area contributed by atoms with Crippen molar-refractivity contribution in [3.05, 3.63) is 12.2 Å². The second-order valence-electron chi connectivity index (χ2n) is 3.31. The highest BCUT2D eigenvalue weighted by atomic mass is 16.2. The van der Waals surface area contributed by atoms with Crippen LogP contribution in [0.4, 0.5) is 0 Å². The summed E-state index contributed by atoms with van der Waals surface area (Å²) in [5.41, 5.74) is 0.603. The molecular weight excluding hydrogens is 152 g/mol. The minimum Gasteiger partial charge on any atom is -0.326 e. The molecule has 68 valence electrons. The van der Waals surface area contributed by atoms with E-state index in [9.17, 15) is 4.79 Å². The monoisotopic (exact) mass is 168 g/mol. The zero-order valence-corrected chi connectivity index (χ0v) is 7.76. The normalized spacial score (nSPS) is 22.3. The molecule has 0 aromatic heterocycles. The Kier molecular flexibility index (Phi) is 2.87. The van der Waals surface area contributed by atoms with Crippen molar-refractivity contribution in [3.63, 3.8) is 0 Å². The lowest BCUT2D eigenvalue weighted by molar-refractivity contribution is -0.128. The Morgan fingerprint density at radius 1 is 1.67 bits per heavy atom. The maximum Gasteiger partial charge on any atom is 0.249 e. The topological polar surface area (TPSA) is 32.3 Å². The molecule has 0 saturated carbocycles. The highest BCUT2D eigenvalue weighted by Crippen LogP contribution is 2.10. The third kappa shape index (κ3) is 1.85. The van der Waals surface area contributed by atoms with Crippen LogP contribution in [0.2, 0.25) is 0 Å². The van der Waals surface area contributed by atoms with Crippen LogP contribution >= 0.6 is 0 Å². The molecule has 1 unspecified atom stereocenters. The molecule has 1 heterocycles. The van der Waals surface area contributed by atoms with Gasteiger partial charge in [0.1, 0.15) is 0 Å². The van der Waals surface area contributed by atoms with Crippen molar-refractivity contribution in [2.45, 2.75) is 25.9 Å². The Bertz CT molecular complexity index is 195. The van der Waals surface area contributed by atoms with Gasteiger partial charge in [0.2, 0.25) is 5.91 Å². The molecule has 0 aliphatic carbocycles. The lowest BCUT2D eigenvalue weighted by atomic mass is 10.2. The third-order valence-electron chi connectivity index (χ3n) is 2.19. The Morgan fingerprint density at radius 3 is 2.75 bits per heavy atom. The van der Waals surface area contributed by atoms with E-state index >= 15 is 0 Å². The SMILES string of the molecule is C=C(C)C(=O)N(C)C1CCCN1. The summed E-state index contributed by atoms with van der Waals surface area (Å²) in [6, 6.07) is 0. The fraction of sp³-hybridized carbons (Fsp3) is 0.667. The first-order valence-electron chi connectivity index (χ1n) is 4.29. The van der Waals surface area contributed by atoms with E-state index in [1.165, 1.54) is 0 Å². The number of amides is 1. The summed E-state index contributed by atoms with van der Waals surface area (Å²) in [6.45, 7) is 6.38. The van der Waals surface area contributed by atoms with Gasteiger partial charge in [0.15, 0.2) is 0 Å². The average Bonchev–Trinajstić information content (AvgIpc) is 2.53. The summed E-state index contributed by atoms with van der Waals surface area (Å²) < 4.78 is 0. The zero-order valence-electron chi connectivity index (χ0n) is 7.76. The Hall–Kier alpha value is -0.830. The van der Waals surface area contributed by atoms with E-state index in [2.05, 4.69) is 11.9 Å². The lowest BCUT2D eigenvalue weighted by Crippen LogP contribution is -2.43. The van der Waals surface area contributed by atoms with Gasteiger partial charge in [-0.3, -0.25) is 10.1 Å². The molecule has 3 heteroatoms. The highest BCUT2D eigenvalue weighted by Gasteiger charge is 2.22. The van der Waals surface area contributed by atoms with Crippen LogP contribution in [0.3, 0.4) is 0 Å². The number of nitrogens with one attached hydrogen (secondary N) is 1. The van der Waals surface area contributed by atoms with E-state index in [0.717, 1.165) is 19.4 Å². The van der Waals surface area contributed by atoms with Crippen LogP contribution in [0.1, 0.15) is 19.8 Å². The van der Waals surface area contributed by atoms with Crippen LogP contribution in [0.5, 0.6) is 0 Å². The standard InChI is InChI=1S/C9H16N2O/c1-7(2)9(12)11(3)8-5-4-6-10-8/h8,10H,1,4-6H2,2-3H3. The van der Waals surface area contributed by atoms with Crippen LogP contribution in [0.25, 0.3) is 0 Å². The molecule has 1 rings (SSSR count). The summed E-state index contributed by atoms with van der Waals surface area (Å²) in [5.74, 6) is 0.0365. The highest BCUT2D eigenvalue weighted by molar-refractivity contribution is 5.92. The Labute approximate surface area is 73.4 Å². The molecule has 1 N–H and O–H groups in total. The van der Waals surface area contributed by atoms with Gasteiger partial charge >= 0.3 is 0 Å². The van der Waals surface area contributed by atoms with E-state index in [4.69, 9.17) is 0 Å². The molecule has 1 aliphatic heterocycles. The van der Waals surface area contributed by atoms with Crippen LogP contribution in [0, 0.1) is 0 Å². The third-order valence-corrected chi connectivity index (χ3v) is 2.19. The van der Waals surface area contributed by atoms with Crippen LogP contribution in [-0.4, -0.2) is 30.6 Å². The molecule has 1 aliphatic rings. The molecular formula is C9H16N2O. The summed E-state index contributed by atoms with van der Waals surface area (Å²) >= 11 is 0. The minimum atomic E-state index is 0.0365. The second kappa shape index (κ2) is 3.72. The predicted octanol–water partition coefficient (Wildman–Crippen LogP) is 0.730. The van der Waals surface area contributed by atoms with Crippen molar-refractivity contribution in [1.29, 1.82) is 0 Å². The Balaban J connectivity index is 2.51. The van der Waals surface area contributed by atoms with Crippen LogP contribution in [0.15, 0.2) is 12.2 Å². The number of hydrogen-bond acceptors (Lipinski definition) is 2. The lowest BCUT2D eigenvalue weighted by Gasteiger charge is -2.24. The zero-order chi connectivity index (χ0) is 9.14. The largest absolute Gasteiger partial charge is 0.326 e. The number of nitrogens with zero attached hydrogens (tertiary/aromatic N) is 1. The van der Waals surface area contributed by atoms with Gasteiger partial charge in [-0.25, -0.2) is 0 Å². The van der Waals surface area contributed by atoms with Crippen molar-refractivity contribution in [2.24, 2.45) is 0 Å². The van der Waals surface area contributed by atoms with Gasteiger partial charge in [-0.05, 0) is 26.3 Å². The smallest absolute Gasteiger partial charge is 0.249 e. The fourth-order valence-corrected chi connectivity index (χ4v) is 1.44. The maximum absolute atomic E-state index is 11.4. The van der Waals surface area contributed by atoms with Crippen molar-refractivity contribution in [2.75, 3.05) is 13.6 Å². The summed E-state index contributed by atoms with van der Waals surface area (Å²) in [4.78, 5) is 13.1. The molecule has 12 heavy (non-hydrogen) atoms. The summed E-state index contributed by atoms with van der Waals surface area (Å²) in [5, 5.41) is 3.26. The molecule has 0 bridgehead atoms. The molecule has 0 aromatic carbocycles. The van der Waals surface area contributed by atoms with Gasteiger partial charge in [0.25, 0.3) is 0 Å². The van der Waals surface area contributed by atoms with Crippen molar-refractivity contribution in [3.8, 4) is 0 Å². The van der Waals surface area contributed by atoms with Gasteiger partial charge in [0, 0.05) is 12.6 Å². The van der Waals surface area contributed by atoms with Gasteiger partial charge < -0.3 is 4.90 Å². The van der Waals surface area contributed by atoms with Crippen LogP contribution < -0.4 is 5.32 Å². The van der Waals surface area contributed by atoms with E-state index in [-0.39, 0.29) is 12.1 Å². The summed E-state index contributed by atoms with van der Waals surface area (Å²) in [7, 11) is 1.82. The van der Waals surface area contributed by atoms with E-state index in [1.54, 1.807) is 11.8 Å². The number of carbonyl (C=O) groups excluding carboxylic acids is 1. The van der Waals surface area contributed by atoms with Gasteiger partial charge in [0.05, 0.1) is 6.17 Å². The van der Waals surface area contributed by atoms with E-state index < -0.39 is 0 Å².